The number of aryl methyl sites for hydroxylation is 2. The van der Waals surface area contributed by atoms with Crippen LogP contribution in [0, 0.1) is 19.7 Å². The molecule has 0 saturated carbocycles. The van der Waals surface area contributed by atoms with E-state index in [1.54, 1.807) is 0 Å². The van der Waals surface area contributed by atoms with Gasteiger partial charge in [-0.15, -0.1) is 0 Å². The van der Waals surface area contributed by atoms with E-state index >= 15 is 0 Å². The lowest BCUT2D eigenvalue weighted by molar-refractivity contribution is 0.628. The number of nitrogens with two attached hydrogens (primary N) is 1. The van der Waals surface area contributed by atoms with Crippen molar-refractivity contribution in [3.63, 3.8) is 0 Å². The van der Waals surface area contributed by atoms with Crippen molar-refractivity contribution in [2.75, 3.05) is 5.73 Å². The molecule has 0 aliphatic rings. The first-order valence-electron chi connectivity index (χ1n) is 5.42. The third kappa shape index (κ3) is 2.31. The first-order chi connectivity index (χ1) is 8.40. The van der Waals surface area contributed by atoms with E-state index in [1.165, 1.54) is 12.1 Å². The summed E-state index contributed by atoms with van der Waals surface area (Å²) in [5, 5.41) is 0.728. The van der Waals surface area contributed by atoms with Gasteiger partial charge in [0.15, 0.2) is 0 Å². The maximum absolute atomic E-state index is 13.4. The second-order valence-electron chi connectivity index (χ2n) is 4.27. The van der Waals surface area contributed by atoms with Gasteiger partial charge >= 0.3 is 0 Å². The first kappa shape index (κ1) is 13.2. The Morgan fingerprint density at radius 3 is 2.17 bits per heavy atom. The van der Waals surface area contributed by atoms with Gasteiger partial charge in [0.1, 0.15) is 5.82 Å². The lowest BCUT2D eigenvalue weighted by atomic mass is 9.99. The van der Waals surface area contributed by atoms with Crippen molar-refractivity contribution in [2.24, 2.45) is 0 Å². The monoisotopic (exact) mass is 283 g/mol. The van der Waals surface area contributed by atoms with E-state index in [2.05, 4.69) is 0 Å². The van der Waals surface area contributed by atoms with E-state index in [0.29, 0.717) is 21.8 Å². The summed E-state index contributed by atoms with van der Waals surface area (Å²) in [5.74, 6) is -0.432. The van der Waals surface area contributed by atoms with Crippen LogP contribution in [0.5, 0.6) is 0 Å². The fraction of sp³-hybridized carbons (Fsp3) is 0.143. The largest absolute Gasteiger partial charge is 0.397 e. The highest BCUT2D eigenvalue weighted by Gasteiger charge is 2.13. The molecule has 0 fully saturated rings. The van der Waals surface area contributed by atoms with Gasteiger partial charge < -0.3 is 5.73 Å². The molecule has 0 heterocycles. The molecule has 0 amide bonds. The van der Waals surface area contributed by atoms with Crippen molar-refractivity contribution in [2.45, 2.75) is 13.8 Å². The van der Waals surface area contributed by atoms with Crippen molar-refractivity contribution in [3.8, 4) is 11.1 Å². The summed E-state index contributed by atoms with van der Waals surface area (Å²) >= 11 is 12.1. The second kappa shape index (κ2) is 4.79. The topological polar surface area (TPSA) is 26.0 Å². The minimum atomic E-state index is -0.432. The predicted molar refractivity (Wildman–Crippen MR) is 75.7 cm³/mol. The molecule has 2 N–H and O–H groups in total. The smallest absolute Gasteiger partial charge is 0.125 e. The summed E-state index contributed by atoms with van der Waals surface area (Å²) in [6.45, 7) is 3.93. The zero-order chi connectivity index (χ0) is 13.4. The van der Waals surface area contributed by atoms with Gasteiger partial charge in [0.05, 0.1) is 10.7 Å². The summed E-state index contributed by atoms with van der Waals surface area (Å²) in [5.41, 5.74) is 9.57. The van der Waals surface area contributed by atoms with Crippen LogP contribution in [0.25, 0.3) is 11.1 Å². The molecule has 0 atom stereocenters. The van der Waals surface area contributed by atoms with Crippen molar-refractivity contribution in [1.29, 1.82) is 0 Å². The third-order valence-corrected chi connectivity index (χ3v) is 3.59. The number of halogens is 3. The number of benzene rings is 2. The number of hydrogen-bond donors (Lipinski definition) is 1. The average Bonchev–Trinajstić information content (AvgIpc) is 2.29. The van der Waals surface area contributed by atoms with Crippen LogP contribution in [0.15, 0.2) is 24.3 Å². The van der Waals surface area contributed by atoms with E-state index in [0.717, 1.165) is 11.1 Å². The average molecular weight is 284 g/mol. The minimum Gasteiger partial charge on any atom is -0.397 e. The van der Waals surface area contributed by atoms with Gasteiger partial charge in [0.25, 0.3) is 0 Å². The van der Waals surface area contributed by atoms with Gasteiger partial charge in [-0.25, -0.2) is 4.39 Å². The number of hydrogen-bond acceptors (Lipinski definition) is 1. The normalized spacial score (nSPS) is 10.7. The van der Waals surface area contributed by atoms with Crippen molar-refractivity contribution in [3.05, 3.63) is 51.3 Å². The zero-order valence-corrected chi connectivity index (χ0v) is 11.5. The highest BCUT2D eigenvalue weighted by Crippen LogP contribution is 2.37. The van der Waals surface area contributed by atoms with Crippen LogP contribution in [0.3, 0.4) is 0 Å². The van der Waals surface area contributed by atoms with Crippen LogP contribution in [0.4, 0.5) is 10.1 Å². The molecule has 0 saturated heterocycles. The Hall–Kier alpha value is -1.25. The first-order valence-corrected chi connectivity index (χ1v) is 6.17. The molecule has 4 heteroatoms. The van der Waals surface area contributed by atoms with Gasteiger partial charge in [0, 0.05) is 16.1 Å². The molecule has 0 aliphatic carbocycles. The summed E-state index contributed by atoms with van der Waals surface area (Å²) in [6.07, 6.45) is 0. The van der Waals surface area contributed by atoms with E-state index in [1.807, 2.05) is 26.0 Å². The second-order valence-corrected chi connectivity index (χ2v) is 5.08. The van der Waals surface area contributed by atoms with Crippen LogP contribution < -0.4 is 5.73 Å². The van der Waals surface area contributed by atoms with E-state index in [4.69, 9.17) is 28.9 Å². The predicted octanol–water partition coefficient (Wildman–Crippen LogP) is 5.00. The highest BCUT2D eigenvalue weighted by atomic mass is 35.5. The van der Waals surface area contributed by atoms with Gasteiger partial charge in [-0.2, -0.15) is 0 Å². The molecule has 2 aromatic rings. The maximum Gasteiger partial charge on any atom is 0.125 e. The van der Waals surface area contributed by atoms with E-state index in [-0.39, 0.29) is 5.02 Å². The molecule has 0 aromatic heterocycles. The van der Waals surface area contributed by atoms with Gasteiger partial charge in [-0.05, 0) is 49.2 Å². The molecule has 18 heavy (non-hydrogen) atoms. The Balaban J connectivity index is 2.73. The summed E-state index contributed by atoms with van der Waals surface area (Å²) in [7, 11) is 0. The lowest BCUT2D eigenvalue weighted by Crippen LogP contribution is -1.95. The maximum atomic E-state index is 13.4. The zero-order valence-electron chi connectivity index (χ0n) is 10.0. The Kier molecular flexibility index (Phi) is 3.51. The van der Waals surface area contributed by atoms with Crippen LogP contribution in [-0.4, -0.2) is 0 Å². The molecule has 94 valence electrons. The SMILES string of the molecule is Cc1cc(Cl)c(-c2cc(F)cc(Cl)c2N)cc1C. The molecule has 0 aliphatic heterocycles. The summed E-state index contributed by atoms with van der Waals surface area (Å²) < 4.78 is 13.4. The molecule has 0 bridgehead atoms. The Labute approximate surface area is 115 Å². The van der Waals surface area contributed by atoms with Crippen LogP contribution in [0.1, 0.15) is 11.1 Å². The number of anilines is 1. The van der Waals surface area contributed by atoms with E-state index in [9.17, 15) is 4.39 Å². The fourth-order valence-electron chi connectivity index (χ4n) is 1.79. The molecule has 0 spiro atoms. The van der Waals surface area contributed by atoms with Crippen LogP contribution in [0.2, 0.25) is 10.0 Å². The standard InChI is InChI=1S/C14H12Cl2FN/c1-7-3-10(12(15)4-8(7)2)11-5-9(17)6-13(16)14(11)18/h3-6H,18H2,1-2H3. The van der Waals surface area contributed by atoms with Crippen LogP contribution >= 0.6 is 23.2 Å². The summed E-state index contributed by atoms with van der Waals surface area (Å²) in [6, 6.07) is 6.26. The molecular weight excluding hydrogens is 272 g/mol. The molecule has 0 unspecified atom stereocenters. The summed E-state index contributed by atoms with van der Waals surface area (Å²) in [4.78, 5) is 0. The molecule has 2 aromatic carbocycles. The minimum absolute atomic E-state index is 0.194. The van der Waals surface area contributed by atoms with Crippen molar-refractivity contribution >= 4 is 28.9 Å². The molecule has 0 radical (unpaired) electrons. The quantitative estimate of drug-likeness (QED) is 0.733. The van der Waals surface area contributed by atoms with Gasteiger partial charge in [0.2, 0.25) is 0 Å². The number of nitrogen functional groups attached to an aromatic ring is 1. The lowest BCUT2D eigenvalue weighted by Gasteiger charge is -2.12. The van der Waals surface area contributed by atoms with Crippen molar-refractivity contribution in [1.82, 2.24) is 0 Å². The van der Waals surface area contributed by atoms with Gasteiger partial charge in [-0.3, -0.25) is 0 Å². The van der Waals surface area contributed by atoms with Crippen LogP contribution in [-0.2, 0) is 0 Å². The Morgan fingerprint density at radius 2 is 1.50 bits per heavy atom. The molecule has 2 rings (SSSR count). The highest BCUT2D eigenvalue weighted by molar-refractivity contribution is 6.35. The number of rotatable bonds is 1. The van der Waals surface area contributed by atoms with E-state index < -0.39 is 5.82 Å². The molecular formula is C14H12Cl2FN. The fourth-order valence-corrected chi connectivity index (χ4v) is 2.32. The molecule has 1 nitrogen and oxygen atoms in total. The Morgan fingerprint density at radius 1 is 0.889 bits per heavy atom. The Bertz CT molecular complexity index is 624. The van der Waals surface area contributed by atoms with Gasteiger partial charge in [-0.1, -0.05) is 23.2 Å². The third-order valence-electron chi connectivity index (χ3n) is 2.97. The van der Waals surface area contributed by atoms with Crippen molar-refractivity contribution < 1.29 is 4.39 Å².